The molecule has 3 N–H and O–H groups in total. The summed E-state index contributed by atoms with van der Waals surface area (Å²) in [7, 11) is 0. The number of amides is 1. The molecule has 0 atom stereocenters. The average molecular weight is 206 g/mol. The number of nitrogens with two attached hydrogens (primary N) is 1. The molecule has 1 amide bonds. The van der Waals surface area contributed by atoms with Crippen LogP contribution in [0.5, 0.6) is 0 Å². The second kappa shape index (κ2) is 4.31. The number of carbonyl (C=O) groups is 1. The van der Waals surface area contributed by atoms with Gasteiger partial charge < -0.3 is 10.5 Å². The van der Waals surface area contributed by atoms with Gasteiger partial charge in [0.2, 0.25) is 0 Å². The van der Waals surface area contributed by atoms with Crippen LogP contribution in [-0.2, 0) is 4.74 Å². The van der Waals surface area contributed by atoms with E-state index >= 15 is 0 Å². The van der Waals surface area contributed by atoms with Crippen LogP contribution in [0.1, 0.15) is 12.8 Å². The standard InChI is InChI=1S/C11H14N2O2/c12-8-6-10(7-8)15-11(14)13-9-4-2-1-3-5-9/h1-5,8,10H,6-7,12H2,(H,13,14). The van der Waals surface area contributed by atoms with Gasteiger partial charge in [0.1, 0.15) is 6.10 Å². The third-order valence-corrected chi connectivity index (χ3v) is 2.43. The second-order valence-corrected chi connectivity index (χ2v) is 3.75. The number of para-hydroxylation sites is 1. The molecule has 0 spiro atoms. The van der Waals surface area contributed by atoms with Gasteiger partial charge in [-0.05, 0) is 25.0 Å². The van der Waals surface area contributed by atoms with Crippen LogP contribution < -0.4 is 11.1 Å². The maximum absolute atomic E-state index is 11.3. The van der Waals surface area contributed by atoms with Crippen molar-refractivity contribution in [3.05, 3.63) is 30.3 Å². The van der Waals surface area contributed by atoms with Gasteiger partial charge in [0.15, 0.2) is 0 Å². The lowest BCUT2D eigenvalue weighted by Gasteiger charge is -2.31. The first-order valence-electron chi connectivity index (χ1n) is 5.02. The van der Waals surface area contributed by atoms with Gasteiger partial charge in [-0.15, -0.1) is 0 Å². The number of carbonyl (C=O) groups excluding carboxylic acids is 1. The molecule has 1 aliphatic carbocycles. The Morgan fingerprint density at radius 2 is 2.00 bits per heavy atom. The first-order chi connectivity index (χ1) is 7.24. The predicted molar refractivity (Wildman–Crippen MR) is 57.5 cm³/mol. The molecule has 0 aliphatic heterocycles. The Morgan fingerprint density at radius 1 is 1.33 bits per heavy atom. The Labute approximate surface area is 88.4 Å². The molecule has 0 heterocycles. The van der Waals surface area contributed by atoms with Crippen molar-refractivity contribution in [2.45, 2.75) is 25.0 Å². The molecule has 1 aliphatic rings. The molecule has 4 nitrogen and oxygen atoms in total. The van der Waals surface area contributed by atoms with Crippen molar-refractivity contribution in [1.29, 1.82) is 0 Å². The fourth-order valence-corrected chi connectivity index (χ4v) is 1.52. The Kier molecular flexibility index (Phi) is 2.87. The quantitative estimate of drug-likeness (QED) is 0.774. The van der Waals surface area contributed by atoms with Crippen LogP contribution >= 0.6 is 0 Å². The van der Waals surface area contributed by atoms with Crippen molar-refractivity contribution >= 4 is 11.8 Å². The third-order valence-electron chi connectivity index (χ3n) is 2.43. The molecule has 4 heteroatoms. The monoisotopic (exact) mass is 206 g/mol. The zero-order chi connectivity index (χ0) is 10.7. The summed E-state index contributed by atoms with van der Waals surface area (Å²) >= 11 is 0. The van der Waals surface area contributed by atoms with Gasteiger partial charge in [-0.25, -0.2) is 4.79 Å². The van der Waals surface area contributed by atoms with E-state index in [2.05, 4.69) is 5.32 Å². The van der Waals surface area contributed by atoms with Crippen LogP contribution in [0.25, 0.3) is 0 Å². The summed E-state index contributed by atoms with van der Waals surface area (Å²) in [5, 5.41) is 2.65. The normalized spacial score (nSPS) is 24.1. The molecule has 1 saturated carbocycles. The van der Waals surface area contributed by atoms with Crippen molar-refractivity contribution in [3.8, 4) is 0 Å². The van der Waals surface area contributed by atoms with Crippen LogP contribution in [0.15, 0.2) is 30.3 Å². The number of rotatable bonds is 2. The second-order valence-electron chi connectivity index (χ2n) is 3.75. The van der Waals surface area contributed by atoms with Crippen LogP contribution in [0.3, 0.4) is 0 Å². The number of hydrogen-bond acceptors (Lipinski definition) is 3. The third kappa shape index (κ3) is 2.70. The van der Waals surface area contributed by atoms with E-state index in [1.54, 1.807) is 0 Å². The van der Waals surface area contributed by atoms with E-state index in [4.69, 9.17) is 10.5 Å². The molecule has 1 fully saturated rings. The van der Waals surface area contributed by atoms with Crippen molar-refractivity contribution in [3.63, 3.8) is 0 Å². The summed E-state index contributed by atoms with van der Waals surface area (Å²) in [5.74, 6) is 0. The number of hydrogen-bond donors (Lipinski definition) is 2. The number of anilines is 1. The Balaban J connectivity index is 1.78. The summed E-state index contributed by atoms with van der Waals surface area (Å²) in [5.41, 5.74) is 6.33. The summed E-state index contributed by atoms with van der Waals surface area (Å²) in [6.45, 7) is 0. The van der Waals surface area contributed by atoms with Gasteiger partial charge in [-0.2, -0.15) is 0 Å². The van der Waals surface area contributed by atoms with E-state index < -0.39 is 6.09 Å². The van der Waals surface area contributed by atoms with E-state index in [1.165, 1.54) is 0 Å². The molecule has 0 unspecified atom stereocenters. The van der Waals surface area contributed by atoms with Crippen molar-refractivity contribution in [2.24, 2.45) is 5.73 Å². The first kappa shape index (κ1) is 9.98. The Hall–Kier alpha value is -1.55. The molecule has 1 aromatic carbocycles. The van der Waals surface area contributed by atoms with Gasteiger partial charge in [-0.3, -0.25) is 5.32 Å². The summed E-state index contributed by atoms with van der Waals surface area (Å²) < 4.78 is 5.13. The van der Waals surface area contributed by atoms with Gasteiger partial charge in [0, 0.05) is 11.7 Å². The van der Waals surface area contributed by atoms with Crippen LogP contribution in [0.4, 0.5) is 10.5 Å². The predicted octanol–water partition coefficient (Wildman–Crippen LogP) is 1.72. The molecule has 80 valence electrons. The summed E-state index contributed by atoms with van der Waals surface area (Å²) in [6.07, 6.45) is 1.12. The summed E-state index contributed by atoms with van der Waals surface area (Å²) in [6, 6.07) is 9.42. The lowest BCUT2D eigenvalue weighted by atomic mass is 9.90. The maximum atomic E-state index is 11.3. The first-order valence-corrected chi connectivity index (χ1v) is 5.02. The van der Waals surface area contributed by atoms with Gasteiger partial charge in [-0.1, -0.05) is 18.2 Å². The average Bonchev–Trinajstić information content (AvgIpc) is 2.17. The van der Waals surface area contributed by atoms with E-state index in [0.717, 1.165) is 18.5 Å². The van der Waals surface area contributed by atoms with Crippen LogP contribution in [0, 0.1) is 0 Å². The van der Waals surface area contributed by atoms with E-state index in [9.17, 15) is 4.79 Å². The maximum Gasteiger partial charge on any atom is 0.411 e. The molecule has 0 radical (unpaired) electrons. The van der Waals surface area contributed by atoms with Crippen LogP contribution in [0.2, 0.25) is 0 Å². The fraction of sp³-hybridized carbons (Fsp3) is 0.364. The molecule has 0 saturated heterocycles. The zero-order valence-corrected chi connectivity index (χ0v) is 8.35. The van der Waals surface area contributed by atoms with Crippen molar-refractivity contribution in [2.75, 3.05) is 5.32 Å². The highest BCUT2D eigenvalue weighted by Gasteiger charge is 2.29. The lowest BCUT2D eigenvalue weighted by Crippen LogP contribution is -2.43. The summed E-state index contributed by atoms with van der Waals surface area (Å²) in [4.78, 5) is 11.3. The van der Waals surface area contributed by atoms with E-state index in [-0.39, 0.29) is 12.1 Å². The molecule has 1 aromatic rings. The Morgan fingerprint density at radius 3 is 2.60 bits per heavy atom. The topological polar surface area (TPSA) is 64.3 Å². The molecule has 15 heavy (non-hydrogen) atoms. The minimum absolute atomic E-state index is 0.0105. The van der Waals surface area contributed by atoms with Crippen molar-refractivity contribution in [1.82, 2.24) is 0 Å². The number of ether oxygens (including phenoxy) is 1. The minimum atomic E-state index is -0.405. The van der Waals surface area contributed by atoms with E-state index in [1.807, 2.05) is 30.3 Å². The van der Waals surface area contributed by atoms with Gasteiger partial charge >= 0.3 is 6.09 Å². The molecular formula is C11H14N2O2. The smallest absolute Gasteiger partial charge is 0.411 e. The molecular weight excluding hydrogens is 192 g/mol. The van der Waals surface area contributed by atoms with Crippen molar-refractivity contribution < 1.29 is 9.53 Å². The SMILES string of the molecule is NC1CC(OC(=O)Nc2ccccc2)C1. The molecule has 0 bridgehead atoms. The fourth-order valence-electron chi connectivity index (χ4n) is 1.52. The van der Waals surface area contributed by atoms with E-state index in [0.29, 0.717) is 0 Å². The van der Waals surface area contributed by atoms with Crippen LogP contribution in [-0.4, -0.2) is 18.2 Å². The zero-order valence-electron chi connectivity index (χ0n) is 8.35. The highest BCUT2D eigenvalue weighted by molar-refractivity contribution is 5.84. The molecule has 2 rings (SSSR count). The number of nitrogens with one attached hydrogen (secondary N) is 1. The number of benzene rings is 1. The van der Waals surface area contributed by atoms with Gasteiger partial charge in [0.25, 0.3) is 0 Å². The molecule has 0 aromatic heterocycles. The van der Waals surface area contributed by atoms with Gasteiger partial charge in [0.05, 0.1) is 0 Å². The largest absolute Gasteiger partial charge is 0.446 e. The lowest BCUT2D eigenvalue weighted by molar-refractivity contribution is 0.0503. The highest BCUT2D eigenvalue weighted by atomic mass is 16.6. The minimum Gasteiger partial charge on any atom is -0.446 e. The Bertz CT molecular complexity index is 334. The highest BCUT2D eigenvalue weighted by Crippen LogP contribution is 2.21.